The second kappa shape index (κ2) is 15.5. The zero-order valence-electron chi connectivity index (χ0n) is 28.3. The van der Waals surface area contributed by atoms with Crippen molar-refractivity contribution in [2.45, 2.75) is 58.5 Å². The van der Waals surface area contributed by atoms with Crippen molar-refractivity contribution in [3.63, 3.8) is 0 Å². The normalized spacial score (nSPS) is 27.9. The number of ether oxygens (including phenoxy) is 2. The SMILES string of the molecule is CO[C@H]1/C=C/C[C@H](C)CS(=O)(NC(=O)c2cnoc2)=NC(=O)c2ccc3c(c2)N(C[C@@H](CCCc2cc(Cl)ccc2C)CO3)C[C@@H]2CC[C@H]21. The molecule has 2 aliphatic heterocycles. The van der Waals surface area contributed by atoms with E-state index < -0.39 is 21.7 Å². The van der Waals surface area contributed by atoms with Crippen LogP contribution in [0.4, 0.5) is 5.69 Å². The second-order valence-electron chi connectivity index (χ2n) is 13.7. The molecule has 3 heterocycles. The van der Waals surface area contributed by atoms with Crippen molar-refractivity contribution in [3.05, 3.63) is 88.3 Å². The topological polar surface area (TPSA) is 123 Å². The van der Waals surface area contributed by atoms with E-state index in [9.17, 15) is 13.8 Å². The van der Waals surface area contributed by atoms with Gasteiger partial charge in [-0.05, 0) is 105 Å². The first-order chi connectivity index (χ1) is 23.6. The maximum Gasteiger partial charge on any atom is 0.286 e. The Kier molecular flexibility index (Phi) is 11.1. The van der Waals surface area contributed by atoms with Gasteiger partial charge in [-0.3, -0.25) is 14.3 Å². The molecule has 2 bridgehead atoms. The Hall–Kier alpha value is -3.67. The van der Waals surface area contributed by atoms with Gasteiger partial charge >= 0.3 is 0 Å². The lowest BCUT2D eigenvalue weighted by Crippen LogP contribution is -2.44. The maximum absolute atomic E-state index is 14.2. The molecule has 1 fully saturated rings. The number of allylic oxidation sites excluding steroid dienone is 1. The first-order valence-corrected chi connectivity index (χ1v) is 19.1. The molecule has 1 N–H and O–H groups in total. The van der Waals surface area contributed by atoms with Crippen LogP contribution >= 0.6 is 11.6 Å². The molecule has 1 unspecified atom stereocenters. The molecule has 0 radical (unpaired) electrons. The fourth-order valence-corrected chi connectivity index (χ4v) is 9.26. The van der Waals surface area contributed by atoms with Crippen LogP contribution in [-0.4, -0.2) is 59.8 Å². The van der Waals surface area contributed by atoms with Gasteiger partial charge in [0.1, 0.15) is 21.9 Å². The number of nitrogens with one attached hydrogen (secondary N) is 1. The van der Waals surface area contributed by atoms with Crippen molar-refractivity contribution in [1.82, 2.24) is 9.88 Å². The molecule has 10 nitrogen and oxygen atoms in total. The maximum atomic E-state index is 14.2. The summed E-state index contributed by atoms with van der Waals surface area (Å²) in [6.07, 6.45) is 12.2. The molecule has 12 heteroatoms. The quantitative estimate of drug-likeness (QED) is 0.259. The fraction of sp³-hybridized carbons (Fsp3) is 0.486. The average molecular weight is 709 g/mol. The number of carbonyl (C=O) groups is 2. The van der Waals surface area contributed by atoms with Crippen LogP contribution in [-0.2, 0) is 21.1 Å². The Morgan fingerprint density at radius 3 is 2.80 bits per heavy atom. The number of anilines is 1. The number of halogens is 1. The van der Waals surface area contributed by atoms with Gasteiger partial charge in [0.05, 0.1) is 35.9 Å². The van der Waals surface area contributed by atoms with Gasteiger partial charge in [0.15, 0.2) is 0 Å². The van der Waals surface area contributed by atoms with Crippen LogP contribution in [0.3, 0.4) is 0 Å². The smallest absolute Gasteiger partial charge is 0.286 e. The Morgan fingerprint density at radius 1 is 1.18 bits per heavy atom. The highest BCUT2D eigenvalue weighted by Crippen LogP contribution is 2.42. The molecular formula is C37H45ClN4O6S. The molecule has 0 saturated heterocycles. The summed E-state index contributed by atoms with van der Waals surface area (Å²) in [6, 6.07) is 11.3. The third-order valence-corrected chi connectivity index (χ3v) is 12.3. The Balaban J connectivity index is 1.31. The predicted molar refractivity (Wildman–Crippen MR) is 190 cm³/mol. The van der Waals surface area contributed by atoms with E-state index in [0.717, 1.165) is 62.2 Å². The standard InChI is InChI=1S/C37H45ClN4O6S/c1-24-6-4-9-34(46-3)32-14-11-29(32)20-42-19-26(7-5-8-27-16-31(38)13-10-25(27)2)21-47-35-15-12-28(17-33(35)42)36(43)40-49(45,23-24)41-37(44)30-18-39-48-22-30/h4,9-10,12-13,15-18,22,24,26,29,32,34H,5-8,11,14,19-21,23H2,1-3H3,(H,40,41,43,44,45)/b9-4+/t24-,26+,29-,32+,34-,49?/m0/s1. The summed E-state index contributed by atoms with van der Waals surface area (Å²) in [4.78, 5) is 29.1. The third-order valence-electron chi connectivity index (χ3n) is 10.0. The van der Waals surface area contributed by atoms with E-state index >= 15 is 0 Å². The lowest BCUT2D eigenvalue weighted by atomic mass is 9.70. The van der Waals surface area contributed by atoms with Crippen molar-refractivity contribution in [2.24, 2.45) is 28.0 Å². The second-order valence-corrected chi connectivity index (χ2v) is 16.2. The van der Waals surface area contributed by atoms with E-state index in [4.69, 9.17) is 25.6 Å². The van der Waals surface area contributed by atoms with Gasteiger partial charge in [-0.15, -0.1) is 4.36 Å². The summed E-state index contributed by atoms with van der Waals surface area (Å²) in [6.45, 7) is 6.18. The molecule has 3 aliphatic rings. The minimum absolute atomic E-state index is 0.0135. The summed E-state index contributed by atoms with van der Waals surface area (Å²) in [5.41, 5.74) is 3.71. The number of aryl methyl sites for hydroxylation is 2. The van der Waals surface area contributed by atoms with Gasteiger partial charge in [-0.25, -0.2) is 4.21 Å². The molecule has 1 saturated carbocycles. The molecule has 2 amide bonds. The number of aromatic nitrogens is 1. The molecule has 3 aromatic rings. The first kappa shape index (κ1) is 35.2. The Labute approximate surface area is 293 Å². The summed E-state index contributed by atoms with van der Waals surface area (Å²) in [5.74, 6) is 0.247. The number of amides is 2. The van der Waals surface area contributed by atoms with Crippen molar-refractivity contribution < 1.29 is 27.8 Å². The van der Waals surface area contributed by atoms with E-state index in [0.29, 0.717) is 30.6 Å². The van der Waals surface area contributed by atoms with Crippen LogP contribution in [0.25, 0.3) is 0 Å². The van der Waals surface area contributed by atoms with Crippen molar-refractivity contribution in [1.29, 1.82) is 0 Å². The molecule has 1 aliphatic carbocycles. The number of hydrogen-bond acceptors (Lipinski definition) is 8. The number of carbonyl (C=O) groups excluding carboxylic acids is 2. The number of benzene rings is 2. The number of nitrogens with zero attached hydrogens (tertiary/aromatic N) is 3. The van der Waals surface area contributed by atoms with E-state index in [1.54, 1.807) is 19.2 Å². The number of hydrogen-bond donors (Lipinski definition) is 1. The van der Waals surface area contributed by atoms with E-state index in [2.05, 4.69) is 50.3 Å². The van der Waals surface area contributed by atoms with Crippen LogP contribution < -0.4 is 14.4 Å². The van der Waals surface area contributed by atoms with E-state index in [1.807, 2.05) is 19.1 Å². The minimum atomic E-state index is -3.52. The number of rotatable bonds is 7. The Morgan fingerprint density at radius 2 is 2.04 bits per heavy atom. The monoisotopic (exact) mass is 708 g/mol. The number of fused-ring (bicyclic) bond motifs is 2. The van der Waals surface area contributed by atoms with Crippen LogP contribution in [0.1, 0.15) is 70.9 Å². The molecule has 49 heavy (non-hydrogen) atoms. The Bertz CT molecular complexity index is 1800. The summed E-state index contributed by atoms with van der Waals surface area (Å²) < 4.78 is 38.1. The van der Waals surface area contributed by atoms with E-state index in [-0.39, 0.29) is 34.8 Å². The average Bonchev–Trinajstić information content (AvgIpc) is 3.55. The van der Waals surface area contributed by atoms with Crippen molar-refractivity contribution >= 4 is 39.0 Å². The summed E-state index contributed by atoms with van der Waals surface area (Å²) in [7, 11) is -1.77. The predicted octanol–water partition coefficient (Wildman–Crippen LogP) is 7.06. The van der Waals surface area contributed by atoms with Gasteiger partial charge in [-0.2, -0.15) is 0 Å². The van der Waals surface area contributed by atoms with E-state index in [1.165, 1.54) is 17.3 Å². The number of methoxy groups -OCH3 is 1. The third kappa shape index (κ3) is 8.56. The fourth-order valence-electron chi connectivity index (χ4n) is 7.17. The lowest BCUT2D eigenvalue weighted by Gasteiger charge is -2.43. The van der Waals surface area contributed by atoms with Crippen LogP contribution in [0, 0.1) is 30.6 Å². The zero-order chi connectivity index (χ0) is 34.5. The molecular weight excluding hydrogens is 664 g/mol. The van der Waals surface area contributed by atoms with Crippen LogP contribution in [0.15, 0.2) is 69.9 Å². The van der Waals surface area contributed by atoms with Gasteiger partial charge in [0, 0.05) is 36.7 Å². The largest absolute Gasteiger partial charge is 0.491 e. The molecule has 6 rings (SSSR count). The van der Waals surface area contributed by atoms with Gasteiger partial charge in [-0.1, -0.05) is 41.9 Å². The van der Waals surface area contributed by atoms with Crippen molar-refractivity contribution in [2.75, 3.05) is 37.5 Å². The molecule has 262 valence electrons. The van der Waals surface area contributed by atoms with Gasteiger partial charge < -0.3 is 18.9 Å². The molecule has 1 aromatic heterocycles. The van der Waals surface area contributed by atoms with Gasteiger partial charge in [0.25, 0.3) is 11.8 Å². The highest BCUT2D eigenvalue weighted by molar-refractivity contribution is 7.92. The lowest BCUT2D eigenvalue weighted by molar-refractivity contribution is 0.0133. The first-order valence-electron chi connectivity index (χ1n) is 17.1. The molecule has 2 aromatic carbocycles. The highest BCUT2D eigenvalue weighted by atomic mass is 35.5. The van der Waals surface area contributed by atoms with Gasteiger partial charge in [0.2, 0.25) is 0 Å². The zero-order valence-corrected chi connectivity index (χ0v) is 29.9. The molecule has 6 atom stereocenters. The summed E-state index contributed by atoms with van der Waals surface area (Å²) >= 11 is 6.29. The minimum Gasteiger partial charge on any atom is -0.491 e. The summed E-state index contributed by atoms with van der Waals surface area (Å²) in [5, 5.41) is 4.32. The van der Waals surface area contributed by atoms with Crippen LogP contribution in [0.5, 0.6) is 5.75 Å². The highest BCUT2D eigenvalue weighted by Gasteiger charge is 2.38. The molecule has 0 spiro atoms. The van der Waals surface area contributed by atoms with Crippen molar-refractivity contribution in [3.8, 4) is 5.75 Å². The van der Waals surface area contributed by atoms with Crippen LogP contribution in [0.2, 0.25) is 5.02 Å².